The highest BCUT2D eigenvalue weighted by molar-refractivity contribution is 4.94. The van der Waals surface area contributed by atoms with E-state index in [0.29, 0.717) is 0 Å². The summed E-state index contributed by atoms with van der Waals surface area (Å²) < 4.78 is 5.51. The molecule has 0 atom stereocenters. The quantitative estimate of drug-likeness (QED) is 0.490. The lowest BCUT2D eigenvalue weighted by atomic mass is 10.3. The Labute approximate surface area is 110 Å². The van der Waals surface area contributed by atoms with Crippen molar-refractivity contribution in [3.63, 3.8) is 0 Å². The van der Waals surface area contributed by atoms with Crippen molar-refractivity contribution in [1.82, 2.24) is 15.3 Å². The Morgan fingerprint density at radius 3 is 3.00 bits per heavy atom. The summed E-state index contributed by atoms with van der Waals surface area (Å²) in [5.41, 5.74) is 1.11. The maximum atomic E-state index is 5.51. The molecule has 0 radical (unpaired) electrons. The monoisotopic (exact) mass is 249 g/mol. The molecule has 0 bridgehead atoms. The molecule has 18 heavy (non-hydrogen) atoms. The largest absolute Gasteiger partial charge is 0.381 e. The van der Waals surface area contributed by atoms with E-state index in [1.807, 2.05) is 13.1 Å². The Morgan fingerprint density at radius 2 is 2.22 bits per heavy atom. The Hall–Kier alpha value is -1.31. The van der Waals surface area contributed by atoms with Gasteiger partial charge in [-0.1, -0.05) is 0 Å². The van der Waals surface area contributed by atoms with Crippen LogP contribution in [0.4, 0.5) is 0 Å². The van der Waals surface area contributed by atoms with Crippen molar-refractivity contribution in [3.8, 4) is 11.8 Å². The molecule has 2 N–H and O–H groups in total. The van der Waals surface area contributed by atoms with Gasteiger partial charge in [-0.15, -0.1) is 11.8 Å². The van der Waals surface area contributed by atoms with Gasteiger partial charge in [-0.2, -0.15) is 0 Å². The summed E-state index contributed by atoms with van der Waals surface area (Å²) in [7, 11) is 0. The van der Waals surface area contributed by atoms with Gasteiger partial charge in [-0.25, -0.2) is 4.98 Å². The van der Waals surface area contributed by atoms with Gasteiger partial charge in [0.2, 0.25) is 0 Å². The minimum atomic E-state index is 0.821. The van der Waals surface area contributed by atoms with Crippen LogP contribution in [0.1, 0.15) is 31.9 Å². The van der Waals surface area contributed by atoms with E-state index in [1.165, 1.54) is 0 Å². The van der Waals surface area contributed by atoms with E-state index in [-0.39, 0.29) is 0 Å². The van der Waals surface area contributed by atoms with Crippen LogP contribution in [0.5, 0.6) is 0 Å². The second-order valence-corrected chi connectivity index (χ2v) is 4.06. The van der Waals surface area contributed by atoms with E-state index in [0.717, 1.165) is 57.7 Å². The van der Waals surface area contributed by atoms with Gasteiger partial charge in [0.25, 0.3) is 0 Å². The molecule has 1 aromatic heterocycles. The van der Waals surface area contributed by atoms with Gasteiger partial charge in [0.1, 0.15) is 0 Å². The first-order valence-corrected chi connectivity index (χ1v) is 6.59. The molecule has 1 rings (SSSR count). The maximum Gasteiger partial charge on any atom is 0.0923 e. The van der Waals surface area contributed by atoms with Crippen LogP contribution in [0.15, 0.2) is 12.5 Å². The molecular weight excluding hydrogens is 226 g/mol. The number of imidazole rings is 1. The molecule has 0 spiro atoms. The molecule has 0 fully saturated rings. The van der Waals surface area contributed by atoms with Crippen LogP contribution in [0.25, 0.3) is 0 Å². The fraction of sp³-hybridized carbons (Fsp3) is 0.643. The van der Waals surface area contributed by atoms with Crippen LogP contribution in [0, 0.1) is 11.8 Å². The van der Waals surface area contributed by atoms with E-state index in [9.17, 15) is 0 Å². The molecule has 0 aliphatic heterocycles. The minimum Gasteiger partial charge on any atom is -0.381 e. The van der Waals surface area contributed by atoms with Gasteiger partial charge in [0.05, 0.1) is 12.0 Å². The third-order valence-corrected chi connectivity index (χ3v) is 2.52. The lowest BCUT2D eigenvalue weighted by Crippen LogP contribution is -2.20. The zero-order valence-electron chi connectivity index (χ0n) is 11.2. The molecule has 100 valence electrons. The summed E-state index contributed by atoms with van der Waals surface area (Å²) in [5.74, 6) is 5.91. The van der Waals surface area contributed by atoms with E-state index in [4.69, 9.17) is 4.74 Å². The summed E-state index contributed by atoms with van der Waals surface area (Å²) in [6.07, 6.45) is 7.65. The lowest BCUT2D eigenvalue weighted by Gasteiger charge is -2.04. The maximum absolute atomic E-state index is 5.51. The van der Waals surface area contributed by atoms with Crippen molar-refractivity contribution in [1.29, 1.82) is 0 Å². The molecule has 4 nitrogen and oxygen atoms in total. The van der Waals surface area contributed by atoms with E-state index >= 15 is 0 Å². The molecule has 1 aromatic rings. The third-order valence-electron chi connectivity index (χ3n) is 2.52. The first-order valence-electron chi connectivity index (χ1n) is 6.59. The van der Waals surface area contributed by atoms with Crippen LogP contribution in [0.2, 0.25) is 0 Å². The smallest absolute Gasteiger partial charge is 0.0923 e. The fourth-order valence-corrected chi connectivity index (χ4v) is 1.56. The van der Waals surface area contributed by atoms with Crippen LogP contribution < -0.4 is 5.32 Å². The summed E-state index contributed by atoms with van der Waals surface area (Å²) in [6.45, 7) is 5.49. The SMILES string of the molecule is CC#CCCCOCCCNCCc1c[nH]cn1. The molecule has 0 amide bonds. The molecule has 0 saturated heterocycles. The summed E-state index contributed by atoms with van der Waals surface area (Å²) >= 11 is 0. The molecular formula is C14H23N3O. The predicted molar refractivity (Wildman–Crippen MR) is 73.3 cm³/mol. The van der Waals surface area contributed by atoms with Crippen molar-refractivity contribution >= 4 is 0 Å². The van der Waals surface area contributed by atoms with Crippen molar-refractivity contribution < 1.29 is 4.74 Å². The number of nitrogens with zero attached hydrogens (tertiary/aromatic N) is 1. The molecule has 0 aliphatic carbocycles. The van der Waals surface area contributed by atoms with Crippen molar-refractivity contribution in [3.05, 3.63) is 18.2 Å². The topological polar surface area (TPSA) is 49.9 Å². The van der Waals surface area contributed by atoms with Gasteiger partial charge in [0, 0.05) is 38.8 Å². The van der Waals surface area contributed by atoms with Crippen molar-refractivity contribution in [2.45, 2.75) is 32.6 Å². The summed E-state index contributed by atoms with van der Waals surface area (Å²) in [5, 5.41) is 3.38. The highest BCUT2D eigenvalue weighted by Crippen LogP contribution is 1.91. The normalized spacial score (nSPS) is 10.1. The van der Waals surface area contributed by atoms with E-state index < -0.39 is 0 Å². The first-order chi connectivity index (χ1) is 8.93. The van der Waals surface area contributed by atoms with Crippen LogP contribution >= 0.6 is 0 Å². The van der Waals surface area contributed by atoms with Crippen LogP contribution in [0.3, 0.4) is 0 Å². The lowest BCUT2D eigenvalue weighted by molar-refractivity contribution is 0.130. The van der Waals surface area contributed by atoms with Gasteiger partial charge in [0.15, 0.2) is 0 Å². The van der Waals surface area contributed by atoms with Gasteiger partial charge < -0.3 is 15.0 Å². The number of aromatic amines is 1. The zero-order valence-corrected chi connectivity index (χ0v) is 11.2. The van der Waals surface area contributed by atoms with Crippen LogP contribution in [-0.4, -0.2) is 36.3 Å². The second-order valence-electron chi connectivity index (χ2n) is 4.06. The molecule has 0 aliphatic rings. The number of nitrogens with one attached hydrogen (secondary N) is 2. The average molecular weight is 249 g/mol. The molecule has 1 heterocycles. The van der Waals surface area contributed by atoms with Crippen LogP contribution in [-0.2, 0) is 11.2 Å². The number of aromatic nitrogens is 2. The fourth-order valence-electron chi connectivity index (χ4n) is 1.56. The number of rotatable bonds is 10. The van der Waals surface area contributed by atoms with Gasteiger partial charge in [-0.3, -0.25) is 0 Å². The number of hydrogen-bond acceptors (Lipinski definition) is 3. The highest BCUT2D eigenvalue weighted by atomic mass is 16.5. The number of hydrogen-bond donors (Lipinski definition) is 2. The van der Waals surface area contributed by atoms with E-state index in [1.54, 1.807) is 6.33 Å². The number of unbranched alkanes of at least 4 members (excludes halogenated alkanes) is 1. The Bertz CT molecular complexity index is 338. The molecule has 4 heteroatoms. The Balaban J connectivity index is 1.77. The second kappa shape index (κ2) is 10.8. The molecule has 0 aromatic carbocycles. The van der Waals surface area contributed by atoms with E-state index in [2.05, 4.69) is 27.1 Å². The summed E-state index contributed by atoms with van der Waals surface area (Å²) in [6, 6.07) is 0. The Morgan fingerprint density at radius 1 is 1.33 bits per heavy atom. The predicted octanol–water partition coefficient (Wildman–Crippen LogP) is 1.75. The molecule has 0 saturated carbocycles. The average Bonchev–Trinajstić information content (AvgIpc) is 2.89. The van der Waals surface area contributed by atoms with Gasteiger partial charge >= 0.3 is 0 Å². The zero-order chi connectivity index (χ0) is 12.9. The van der Waals surface area contributed by atoms with Crippen molar-refractivity contribution in [2.24, 2.45) is 0 Å². The standard InChI is InChI=1S/C14H23N3O/c1-2-3-4-5-10-18-11-6-8-15-9-7-14-12-16-13-17-14/h12-13,15H,4-11H2,1H3,(H,16,17). The third kappa shape index (κ3) is 7.88. The number of ether oxygens (including phenoxy) is 1. The highest BCUT2D eigenvalue weighted by Gasteiger charge is 1.94. The van der Waals surface area contributed by atoms with Crippen molar-refractivity contribution in [2.75, 3.05) is 26.3 Å². The molecule has 0 unspecified atom stereocenters. The first kappa shape index (κ1) is 14.7. The van der Waals surface area contributed by atoms with Gasteiger partial charge in [-0.05, 0) is 26.3 Å². The Kier molecular flexibility index (Phi) is 8.87. The minimum absolute atomic E-state index is 0.821. The summed E-state index contributed by atoms with van der Waals surface area (Å²) in [4.78, 5) is 7.12. The number of H-pyrrole nitrogens is 1.